The molecule has 2 heterocycles. The molecule has 0 amide bonds. The second-order valence-corrected chi connectivity index (χ2v) is 21.3. The first kappa shape index (κ1) is 37.5. The van der Waals surface area contributed by atoms with Gasteiger partial charge in [0.15, 0.2) is 11.5 Å². The van der Waals surface area contributed by atoms with Gasteiger partial charge in [0, 0.05) is 26.3 Å². The Morgan fingerprint density at radius 2 is 0.937 bits per heavy atom. The van der Waals surface area contributed by atoms with Crippen LogP contribution in [-0.4, -0.2) is 12.5 Å². The summed E-state index contributed by atoms with van der Waals surface area (Å²) >= 11 is 0. The quantitative estimate of drug-likeness (QED) is 0.161. The lowest BCUT2D eigenvalue weighted by molar-refractivity contribution is 0.477. The van der Waals surface area contributed by atoms with E-state index >= 15 is 0 Å². The molecule has 3 aliphatic rings. The summed E-state index contributed by atoms with van der Waals surface area (Å²) < 4.78 is 6.32. The van der Waals surface area contributed by atoms with Gasteiger partial charge in [0.05, 0.1) is 28.4 Å². The highest BCUT2D eigenvalue weighted by Crippen LogP contribution is 2.67. The monoisotopic (exact) mass is 830 g/mol. The zero-order valence-electron chi connectivity index (χ0n) is 35.8. The van der Waals surface area contributed by atoms with Crippen molar-refractivity contribution in [3.05, 3.63) is 216 Å². The summed E-state index contributed by atoms with van der Waals surface area (Å²) in [5.41, 5.74) is 16.9. The number of hydrogen-bond donors (Lipinski definition) is 0. The Morgan fingerprint density at radius 1 is 0.429 bits per heavy atom. The Hall–Kier alpha value is -7.27. The third-order valence-corrected chi connectivity index (χ3v) is 16.4. The SMILES string of the molecule is CC1(C)c2cc(/C=C/c3ccc(-c4ccc(N5c6ccccc6S(C)(C)c6ccccc65)c5ccccc45)cc3)ccc2-c2ccc(N3c4ccccc4Oc4ccccc43)cc21. The molecule has 63 heavy (non-hydrogen) atoms. The maximum absolute atomic E-state index is 6.32. The minimum Gasteiger partial charge on any atom is -0.453 e. The van der Waals surface area contributed by atoms with Gasteiger partial charge in [-0.25, -0.2) is 0 Å². The molecule has 12 rings (SSSR count). The standard InChI is InChI=1S/C59H46N2OS/c1-59(2)48-37-40(29-33-45(48)46-34-32-42(38-49(46)59)60-51-17-7-11-21-55(51)62-56-22-12-8-18-52(56)60)26-25-39-27-30-41(31-28-39)43-35-36-50(47-16-6-5-15-44(43)47)61-53-19-9-13-23-57(53)63(3,4)58-24-14-10-20-54(58)61/h5-38H,1-4H3/b26-25+. The van der Waals surface area contributed by atoms with Crippen LogP contribution < -0.4 is 14.5 Å². The molecular weight excluding hydrogens is 785 g/mol. The summed E-state index contributed by atoms with van der Waals surface area (Å²) in [5, 5.41) is 2.49. The number of anilines is 6. The molecule has 0 spiro atoms. The zero-order valence-corrected chi connectivity index (χ0v) is 36.7. The smallest absolute Gasteiger partial charge is 0.151 e. The second-order valence-electron chi connectivity index (χ2n) is 17.8. The first-order chi connectivity index (χ1) is 30.8. The molecule has 0 saturated heterocycles. The van der Waals surface area contributed by atoms with Gasteiger partial charge in [0.1, 0.15) is 0 Å². The maximum atomic E-state index is 6.32. The van der Waals surface area contributed by atoms with Gasteiger partial charge >= 0.3 is 0 Å². The van der Waals surface area contributed by atoms with Crippen molar-refractivity contribution in [3.8, 4) is 33.8 Å². The maximum Gasteiger partial charge on any atom is 0.151 e. The van der Waals surface area contributed by atoms with Gasteiger partial charge in [0.25, 0.3) is 0 Å². The summed E-state index contributed by atoms with van der Waals surface area (Å²) in [5.74, 6) is 1.73. The number of ether oxygens (including phenoxy) is 1. The number of para-hydroxylation sites is 6. The molecule has 0 radical (unpaired) electrons. The molecule has 0 saturated carbocycles. The summed E-state index contributed by atoms with van der Waals surface area (Å²) in [4.78, 5) is 7.67. The summed E-state index contributed by atoms with van der Waals surface area (Å²) in [6, 6.07) is 71.0. The van der Waals surface area contributed by atoms with Crippen molar-refractivity contribution in [2.75, 3.05) is 22.3 Å². The first-order valence-electron chi connectivity index (χ1n) is 21.7. The average Bonchev–Trinajstić information content (AvgIpc) is 3.54. The third-order valence-electron chi connectivity index (χ3n) is 13.5. The Morgan fingerprint density at radius 3 is 1.60 bits per heavy atom. The van der Waals surface area contributed by atoms with E-state index in [4.69, 9.17) is 4.74 Å². The largest absolute Gasteiger partial charge is 0.453 e. The van der Waals surface area contributed by atoms with Gasteiger partial charge < -0.3 is 14.5 Å². The van der Waals surface area contributed by atoms with Crippen LogP contribution in [-0.2, 0) is 5.41 Å². The Balaban J connectivity index is 0.836. The molecule has 1 aliphatic carbocycles. The van der Waals surface area contributed by atoms with Crippen molar-refractivity contribution in [2.24, 2.45) is 0 Å². The predicted octanol–water partition coefficient (Wildman–Crippen LogP) is 16.8. The van der Waals surface area contributed by atoms with E-state index in [9.17, 15) is 0 Å². The number of rotatable bonds is 5. The lowest BCUT2D eigenvalue weighted by Gasteiger charge is -2.45. The molecule has 0 fully saturated rings. The van der Waals surface area contributed by atoms with Crippen LogP contribution in [0.15, 0.2) is 204 Å². The highest BCUT2D eigenvalue weighted by Gasteiger charge is 2.37. The number of nitrogens with zero attached hydrogens (tertiary/aromatic N) is 2. The van der Waals surface area contributed by atoms with Crippen LogP contribution >= 0.6 is 10.0 Å². The van der Waals surface area contributed by atoms with Gasteiger partial charge in [-0.2, -0.15) is 10.0 Å². The zero-order chi connectivity index (χ0) is 42.5. The molecule has 0 atom stereocenters. The van der Waals surface area contributed by atoms with Crippen LogP contribution in [0.2, 0.25) is 0 Å². The summed E-state index contributed by atoms with van der Waals surface area (Å²) in [6.07, 6.45) is 9.34. The van der Waals surface area contributed by atoms with Gasteiger partial charge in [-0.05, 0) is 129 Å². The fourth-order valence-corrected chi connectivity index (χ4v) is 12.8. The molecular formula is C59H46N2OS. The van der Waals surface area contributed by atoms with E-state index < -0.39 is 10.0 Å². The summed E-state index contributed by atoms with van der Waals surface area (Å²) in [7, 11) is -1.16. The van der Waals surface area contributed by atoms with E-state index in [2.05, 4.69) is 218 Å². The minimum atomic E-state index is -1.16. The Bertz CT molecular complexity index is 3250. The van der Waals surface area contributed by atoms with Crippen LogP contribution in [0.25, 0.3) is 45.2 Å². The predicted molar refractivity (Wildman–Crippen MR) is 268 cm³/mol. The molecule has 0 aromatic heterocycles. The van der Waals surface area contributed by atoms with Gasteiger partial charge in [-0.1, -0.05) is 153 Å². The van der Waals surface area contributed by atoms with Crippen molar-refractivity contribution in [1.82, 2.24) is 0 Å². The topological polar surface area (TPSA) is 15.7 Å². The molecule has 0 unspecified atom stereocenters. The van der Waals surface area contributed by atoms with Crippen molar-refractivity contribution < 1.29 is 4.74 Å². The fourth-order valence-electron chi connectivity index (χ4n) is 10.3. The molecule has 0 N–H and O–H groups in total. The van der Waals surface area contributed by atoms with Gasteiger partial charge in [-0.3, -0.25) is 0 Å². The van der Waals surface area contributed by atoms with Crippen molar-refractivity contribution in [3.63, 3.8) is 0 Å². The molecule has 304 valence electrons. The molecule has 9 aromatic carbocycles. The van der Waals surface area contributed by atoms with Gasteiger partial charge in [-0.15, -0.1) is 0 Å². The van der Waals surface area contributed by atoms with E-state index in [1.165, 1.54) is 82.1 Å². The van der Waals surface area contributed by atoms with E-state index in [0.717, 1.165) is 28.6 Å². The van der Waals surface area contributed by atoms with Crippen LogP contribution in [0.5, 0.6) is 11.5 Å². The highest BCUT2D eigenvalue weighted by molar-refractivity contribution is 8.33. The lowest BCUT2D eigenvalue weighted by Crippen LogP contribution is -2.20. The van der Waals surface area contributed by atoms with Crippen LogP contribution in [0.4, 0.5) is 34.1 Å². The number of hydrogen-bond acceptors (Lipinski definition) is 3. The van der Waals surface area contributed by atoms with Crippen molar-refractivity contribution >= 4 is 67.1 Å². The van der Waals surface area contributed by atoms with Crippen LogP contribution in [0, 0.1) is 0 Å². The summed E-state index contributed by atoms with van der Waals surface area (Å²) in [6.45, 7) is 4.72. The van der Waals surface area contributed by atoms with Crippen molar-refractivity contribution in [1.29, 1.82) is 0 Å². The van der Waals surface area contributed by atoms with E-state index in [1.807, 2.05) is 24.3 Å². The van der Waals surface area contributed by atoms with Gasteiger partial charge in [0.2, 0.25) is 0 Å². The molecule has 3 nitrogen and oxygen atoms in total. The third kappa shape index (κ3) is 5.82. The number of fused-ring (bicyclic) bond motifs is 8. The van der Waals surface area contributed by atoms with Crippen LogP contribution in [0.1, 0.15) is 36.1 Å². The Labute approximate surface area is 371 Å². The fraction of sp³-hybridized carbons (Fsp3) is 0.0847. The van der Waals surface area contributed by atoms with E-state index in [1.54, 1.807) is 0 Å². The second kappa shape index (κ2) is 14.1. The normalized spacial score (nSPS) is 15.4. The molecule has 9 aromatic rings. The van der Waals surface area contributed by atoms with Crippen molar-refractivity contribution in [2.45, 2.75) is 29.1 Å². The minimum absolute atomic E-state index is 0.172. The molecule has 4 heteroatoms. The highest BCUT2D eigenvalue weighted by atomic mass is 32.3. The lowest BCUT2D eigenvalue weighted by atomic mass is 9.81. The molecule has 0 bridgehead atoms. The average molecular weight is 831 g/mol. The first-order valence-corrected chi connectivity index (χ1v) is 24.2. The molecule has 2 aliphatic heterocycles. The van der Waals surface area contributed by atoms with E-state index in [0.29, 0.717) is 0 Å². The van der Waals surface area contributed by atoms with E-state index in [-0.39, 0.29) is 5.41 Å². The Kier molecular flexibility index (Phi) is 8.41. The van der Waals surface area contributed by atoms with Crippen LogP contribution in [0.3, 0.4) is 0 Å². The number of benzene rings is 9.